The van der Waals surface area contributed by atoms with Gasteiger partial charge in [0, 0.05) is 42.9 Å². The number of carbonyl (C=O) groups excluding carboxylic acids is 2. The van der Waals surface area contributed by atoms with Gasteiger partial charge in [-0.15, -0.1) is 0 Å². The van der Waals surface area contributed by atoms with E-state index in [0.29, 0.717) is 42.5 Å². The molecule has 9 nitrogen and oxygen atoms in total. The van der Waals surface area contributed by atoms with E-state index in [1.807, 2.05) is 0 Å². The third-order valence-electron chi connectivity index (χ3n) is 5.51. The number of nitro groups is 1. The molecule has 1 aromatic carbocycles. The first-order valence-electron chi connectivity index (χ1n) is 10.2. The molecule has 2 aromatic rings. The third-order valence-corrected chi connectivity index (χ3v) is 5.73. The van der Waals surface area contributed by atoms with Gasteiger partial charge in [0.05, 0.1) is 9.95 Å². The highest BCUT2D eigenvalue weighted by Crippen LogP contribution is 2.32. The number of hydrogen-bond donors (Lipinski definition) is 2. The van der Waals surface area contributed by atoms with Gasteiger partial charge in [-0.1, -0.05) is 11.6 Å². The van der Waals surface area contributed by atoms with Gasteiger partial charge in [0.2, 0.25) is 5.91 Å². The fourth-order valence-electron chi connectivity index (χ4n) is 3.59. The van der Waals surface area contributed by atoms with E-state index in [1.54, 1.807) is 29.2 Å². The number of piperidine rings is 1. The van der Waals surface area contributed by atoms with E-state index in [0.717, 1.165) is 12.8 Å². The van der Waals surface area contributed by atoms with Crippen molar-refractivity contribution in [1.29, 1.82) is 0 Å². The molecule has 2 heterocycles. The molecule has 0 spiro atoms. The number of rotatable bonds is 6. The zero-order valence-electron chi connectivity index (χ0n) is 16.7. The fraction of sp³-hybridized carbons (Fsp3) is 0.381. The first kappa shape index (κ1) is 21.0. The molecule has 2 amide bonds. The number of hydrogen-bond acceptors (Lipinski definition) is 6. The minimum absolute atomic E-state index is 0.0949. The number of pyridine rings is 1. The molecule has 0 radical (unpaired) electrons. The van der Waals surface area contributed by atoms with E-state index in [4.69, 9.17) is 11.6 Å². The van der Waals surface area contributed by atoms with Crippen LogP contribution < -0.4 is 10.6 Å². The Morgan fingerprint density at radius 3 is 2.48 bits per heavy atom. The lowest BCUT2D eigenvalue weighted by atomic mass is 9.95. The summed E-state index contributed by atoms with van der Waals surface area (Å²) in [6, 6.07) is 8.10. The summed E-state index contributed by atoms with van der Waals surface area (Å²) >= 11 is 5.80. The summed E-state index contributed by atoms with van der Waals surface area (Å²) < 4.78 is 0. The molecular formula is C21H22ClN5O4. The Bertz CT molecular complexity index is 1000. The maximum atomic E-state index is 12.9. The van der Waals surface area contributed by atoms with Gasteiger partial charge in [0.1, 0.15) is 11.5 Å². The lowest BCUT2D eigenvalue weighted by Gasteiger charge is -2.31. The van der Waals surface area contributed by atoms with Crippen molar-refractivity contribution in [2.75, 3.05) is 23.7 Å². The number of amides is 2. The smallest absolute Gasteiger partial charge is 0.293 e. The largest absolute Gasteiger partial charge is 0.377 e. The molecule has 0 unspecified atom stereocenters. The first-order chi connectivity index (χ1) is 14.9. The zero-order valence-corrected chi connectivity index (χ0v) is 17.5. The van der Waals surface area contributed by atoms with Crippen LogP contribution in [0.2, 0.25) is 5.02 Å². The molecule has 31 heavy (non-hydrogen) atoms. The van der Waals surface area contributed by atoms with Crippen LogP contribution in [0.25, 0.3) is 0 Å². The Hall–Kier alpha value is -3.20. The Balaban J connectivity index is 1.36. The van der Waals surface area contributed by atoms with E-state index < -0.39 is 4.92 Å². The number of aromatic nitrogens is 1. The summed E-state index contributed by atoms with van der Waals surface area (Å²) in [7, 11) is 0. The molecule has 2 aliphatic rings. The van der Waals surface area contributed by atoms with Crippen molar-refractivity contribution < 1.29 is 14.5 Å². The van der Waals surface area contributed by atoms with Crippen LogP contribution in [0.5, 0.6) is 0 Å². The molecule has 0 atom stereocenters. The molecule has 1 aromatic heterocycles. The van der Waals surface area contributed by atoms with E-state index in [-0.39, 0.29) is 35.0 Å². The van der Waals surface area contributed by atoms with Crippen LogP contribution in [0.3, 0.4) is 0 Å². The number of nitrogens with one attached hydrogen (secondary N) is 2. The Kier molecular flexibility index (Phi) is 6.03. The van der Waals surface area contributed by atoms with Crippen molar-refractivity contribution in [2.24, 2.45) is 5.92 Å². The van der Waals surface area contributed by atoms with E-state index in [9.17, 15) is 19.7 Å². The van der Waals surface area contributed by atoms with Gasteiger partial charge in [-0.25, -0.2) is 4.98 Å². The molecule has 1 aliphatic heterocycles. The molecule has 162 valence electrons. The van der Waals surface area contributed by atoms with Crippen LogP contribution in [0.4, 0.5) is 17.2 Å². The van der Waals surface area contributed by atoms with Gasteiger partial charge >= 0.3 is 0 Å². The molecule has 4 rings (SSSR count). The number of benzene rings is 1. The Morgan fingerprint density at radius 2 is 1.87 bits per heavy atom. The number of halogens is 1. The highest BCUT2D eigenvalue weighted by molar-refractivity contribution is 6.30. The van der Waals surface area contributed by atoms with Crippen LogP contribution in [0.15, 0.2) is 36.5 Å². The average Bonchev–Trinajstić information content (AvgIpc) is 3.59. The maximum absolute atomic E-state index is 12.9. The first-order valence-corrected chi connectivity index (χ1v) is 10.5. The molecule has 10 heteroatoms. The second-order valence-corrected chi connectivity index (χ2v) is 8.26. The lowest BCUT2D eigenvalue weighted by molar-refractivity contribution is -0.384. The highest BCUT2D eigenvalue weighted by Gasteiger charge is 2.30. The van der Waals surface area contributed by atoms with E-state index >= 15 is 0 Å². The predicted octanol–water partition coefficient (Wildman–Crippen LogP) is 3.71. The number of anilines is 2. The number of carbonyl (C=O) groups is 2. The van der Waals surface area contributed by atoms with Gasteiger partial charge in [-0.2, -0.15) is 0 Å². The number of likely N-dealkylation sites (tertiary alicyclic amines) is 1. The topological polar surface area (TPSA) is 117 Å². The van der Waals surface area contributed by atoms with E-state index in [2.05, 4.69) is 15.6 Å². The minimum atomic E-state index is -0.469. The summed E-state index contributed by atoms with van der Waals surface area (Å²) in [5.74, 6) is -0.214. The van der Waals surface area contributed by atoms with Gasteiger partial charge in [-0.05, 0) is 49.9 Å². The van der Waals surface area contributed by atoms with Crippen LogP contribution in [0.1, 0.15) is 36.0 Å². The molecule has 1 saturated carbocycles. The van der Waals surface area contributed by atoms with Crippen molar-refractivity contribution in [3.8, 4) is 0 Å². The van der Waals surface area contributed by atoms with Crippen molar-refractivity contribution >= 4 is 40.6 Å². The average molecular weight is 444 g/mol. The summed E-state index contributed by atoms with van der Waals surface area (Å²) in [5, 5.41) is 17.8. The Labute approximate surface area is 183 Å². The van der Waals surface area contributed by atoms with Gasteiger partial charge < -0.3 is 15.5 Å². The van der Waals surface area contributed by atoms with Gasteiger partial charge in [0.25, 0.3) is 11.6 Å². The Morgan fingerprint density at radius 1 is 1.13 bits per heavy atom. The lowest BCUT2D eigenvalue weighted by Crippen LogP contribution is -2.41. The van der Waals surface area contributed by atoms with E-state index in [1.165, 1.54) is 12.3 Å². The minimum Gasteiger partial charge on any atom is -0.377 e. The second kappa shape index (κ2) is 8.89. The number of nitro benzene ring substituents is 1. The third kappa shape index (κ3) is 5.11. The fourth-order valence-corrected chi connectivity index (χ4v) is 3.70. The zero-order chi connectivity index (χ0) is 22.0. The SMILES string of the molecule is O=C(Nc1ccc(Cl)cn1)C1CCN(C(=O)c2ccc(NC3CC3)c([N+](=O)[O-])c2)CC1. The molecule has 0 bridgehead atoms. The molecule has 1 aliphatic carbocycles. The normalized spacial score (nSPS) is 16.6. The van der Waals surface area contributed by atoms with Crippen molar-refractivity contribution in [3.05, 3.63) is 57.2 Å². The molecular weight excluding hydrogens is 422 g/mol. The quantitative estimate of drug-likeness (QED) is 0.519. The standard InChI is InChI=1S/C21H22ClN5O4/c22-15-2-6-19(23-12-15)25-20(28)13-7-9-26(10-8-13)21(29)14-1-5-17(24-16-3-4-16)18(11-14)27(30)31/h1-2,5-6,11-13,16,24H,3-4,7-10H2,(H,23,25,28). The van der Waals surface area contributed by atoms with Gasteiger partial charge in [0.15, 0.2) is 0 Å². The second-order valence-electron chi connectivity index (χ2n) is 7.83. The van der Waals surface area contributed by atoms with Crippen LogP contribution >= 0.6 is 11.6 Å². The molecule has 2 fully saturated rings. The monoisotopic (exact) mass is 443 g/mol. The summed E-state index contributed by atoms with van der Waals surface area (Å²) in [6.45, 7) is 0.807. The van der Waals surface area contributed by atoms with Crippen LogP contribution in [0, 0.1) is 16.0 Å². The van der Waals surface area contributed by atoms with Crippen molar-refractivity contribution in [3.63, 3.8) is 0 Å². The maximum Gasteiger partial charge on any atom is 0.293 e. The molecule has 2 N–H and O–H groups in total. The molecule has 1 saturated heterocycles. The van der Waals surface area contributed by atoms with Crippen molar-refractivity contribution in [2.45, 2.75) is 31.7 Å². The highest BCUT2D eigenvalue weighted by atomic mass is 35.5. The summed E-state index contributed by atoms with van der Waals surface area (Å²) in [6.07, 6.45) is 4.47. The predicted molar refractivity (Wildman–Crippen MR) is 116 cm³/mol. The number of nitrogens with zero attached hydrogens (tertiary/aromatic N) is 3. The summed E-state index contributed by atoms with van der Waals surface area (Å²) in [5.41, 5.74) is 0.624. The van der Waals surface area contributed by atoms with Gasteiger partial charge in [-0.3, -0.25) is 19.7 Å². The van der Waals surface area contributed by atoms with Crippen LogP contribution in [-0.4, -0.2) is 45.8 Å². The van der Waals surface area contributed by atoms with Crippen molar-refractivity contribution in [1.82, 2.24) is 9.88 Å². The van der Waals surface area contributed by atoms with Crippen LogP contribution in [-0.2, 0) is 4.79 Å². The summed E-state index contributed by atoms with van der Waals surface area (Å²) in [4.78, 5) is 42.0.